The van der Waals surface area contributed by atoms with Crippen molar-refractivity contribution < 1.29 is 0 Å². The maximum absolute atomic E-state index is 5.18. The van der Waals surface area contributed by atoms with Crippen LogP contribution in [0.2, 0.25) is 0 Å². The molecule has 0 saturated heterocycles. The molecule has 1 aliphatic carbocycles. The lowest BCUT2D eigenvalue weighted by molar-refractivity contribution is 0.421. The Morgan fingerprint density at radius 1 is 1.50 bits per heavy atom. The van der Waals surface area contributed by atoms with Gasteiger partial charge in [0.2, 0.25) is 0 Å². The molecule has 0 spiro atoms. The van der Waals surface area contributed by atoms with E-state index in [1.54, 1.807) is 0 Å². The normalized spacial score (nSPS) is 27.0. The molecule has 2 nitrogen and oxygen atoms in total. The number of thiocarbonyl (C=S) groups is 1. The van der Waals surface area contributed by atoms with E-state index < -0.39 is 0 Å². The van der Waals surface area contributed by atoms with Crippen molar-refractivity contribution in [3.63, 3.8) is 0 Å². The highest BCUT2D eigenvalue weighted by molar-refractivity contribution is 7.99. The number of hydrogen-bond acceptors (Lipinski definition) is 2. The summed E-state index contributed by atoms with van der Waals surface area (Å²) < 4.78 is 0. The average molecular weight is 232 g/mol. The summed E-state index contributed by atoms with van der Waals surface area (Å²) in [6.07, 6.45) is 7.43. The second kappa shape index (κ2) is 6.51. The molecule has 0 amide bonds. The monoisotopic (exact) mass is 232 g/mol. The fraction of sp³-hybridized carbons (Fsp3) is 0.900. The van der Waals surface area contributed by atoms with Gasteiger partial charge >= 0.3 is 0 Å². The zero-order valence-electron chi connectivity index (χ0n) is 9.01. The van der Waals surface area contributed by atoms with Gasteiger partial charge in [0.1, 0.15) is 0 Å². The molecule has 2 N–H and O–H groups in total. The summed E-state index contributed by atoms with van der Waals surface area (Å²) in [5.74, 6) is 0. The maximum atomic E-state index is 5.18. The van der Waals surface area contributed by atoms with Gasteiger partial charge in [-0.15, -0.1) is 0 Å². The number of hydrogen-bond donors (Lipinski definition) is 2. The van der Waals surface area contributed by atoms with Crippen LogP contribution in [0.3, 0.4) is 0 Å². The number of nitrogens with one attached hydrogen (secondary N) is 2. The minimum Gasteiger partial charge on any atom is -0.363 e. The van der Waals surface area contributed by atoms with E-state index in [0.29, 0.717) is 6.04 Å². The highest BCUT2D eigenvalue weighted by Gasteiger charge is 2.21. The average Bonchev–Trinajstić information content (AvgIpc) is 2.18. The van der Waals surface area contributed by atoms with Crippen molar-refractivity contribution in [2.75, 3.05) is 12.8 Å². The third-order valence-electron chi connectivity index (χ3n) is 2.63. The molecule has 4 heteroatoms. The van der Waals surface area contributed by atoms with Crippen molar-refractivity contribution in [1.29, 1.82) is 0 Å². The van der Waals surface area contributed by atoms with Gasteiger partial charge in [-0.1, -0.05) is 6.42 Å². The Kier molecular flexibility index (Phi) is 5.63. The Bertz CT molecular complexity index is 185. The van der Waals surface area contributed by atoms with Crippen molar-refractivity contribution in [1.82, 2.24) is 10.6 Å². The Labute approximate surface area is 96.6 Å². The molecule has 0 radical (unpaired) electrons. The van der Waals surface area contributed by atoms with Crippen molar-refractivity contribution in [3.8, 4) is 0 Å². The molecule has 2 atom stereocenters. The molecule has 0 aliphatic heterocycles. The molecule has 82 valence electrons. The zero-order chi connectivity index (χ0) is 10.4. The molecule has 1 fully saturated rings. The van der Waals surface area contributed by atoms with Crippen LogP contribution in [0.15, 0.2) is 0 Å². The third kappa shape index (κ3) is 4.05. The lowest BCUT2D eigenvalue weighted by Gasteiger charge is -2.29. The third-order valence-corrected chi connectivity index (χ3v) is 3.99. The first-order chi connectivity index (χ1) is 6.76. The SMILES string of the molecule is CCNC(=S)NC1CCCC(SC)C1. The first-order valence-electron chi connectivity index (χ1n) is 5.33. The van der Waals surface area contributed by atoms with Gasteiger partial charge in [0.15, 0.2) is 5.11 Å². The van der Waals surface area contributed by atoms with Gasteiger partial charge in [-0.25, -0.2) is 0 Å². The summed E-state index contributed by atoms with van der Waals surface area (Å²) in [5.41, 5.74) is 0. The highest BCUT2D eigenvalue weighted by Crippen LogP contribution is 2.26. The fourth-order valence-corrected chi connectivity index (χ4v) is 3.03. The molecule has 1 saturated carbocycles. The van der Waals surface area contributed by atoms with Crippen LogP contribution in [-0.2, 0) is 0 Å². The molecular weight excluding hydrogens is 212 g/mol. The Hall–Kier alpha value is 0.0400. The van der Waals surface area contributed by atoms with E-state index in [0.717, 1.165) is 16.9 Å². The van der Waals surface area contributed by atoms with E-state index >= 15 is 0 Å². The molecule has 0 aromatic rings. The van der Waals surface area contributed by atoms with Crippen LogP contribution >= 0.6 is 24.0 Å². The Morgan fingerprint density at radius 2 is 2.29 bits per heavy atom. The smallest absolute Gasteiger partial charge is 0.166 e. The Morgan fingerprint density at radius 3 is 2.93 bits per heavy atom. The maximum Gasteiger partial charge on any atom is 0.166 e. The van der Waals surface area contributed by atoms with Crippen LogP contribution in [0.4, 0.5) is 0 Å². The van der Waals surface area contributed by atoms with Crippen molar-refractivity contribution in [2.24, 2.45) is 0 Å². The van der Waals surface area contributed by atoms with Crippen molar-refractivity contribution in [3.05, 3.63) is 0 Å². The van der Waals surface area contributed by atoms with Crippen LogP contribution in [0.25, 0.3) is 0 Å². The summed E-state index contributed by atoms with van der Waals surface area (Å²) in [6.45, 7) is 2.98. The standard InChI is InChI=1S/C10H20N2S2/c1-3-11-10(13)12-8-5-4-6-9(7-8)14-2/h8-9H,3-7H2,1-2H3,(H2,11,12,13). The molecule has 1 rings (SSSR count). The van der Waals surface area contributed by atoms with Crippen LogP contribution in [0.5, 0.6) is 0 Å². The van der Waals surface area contributed by atoms with Crippen LogP contribution < -0.4 is 10.6 Å². The second-order valence-electron chi connectivity index (χ2n) is 3.73. The van der Waals surface area contributed by atoms with E-state index in [-0.39, 0.29) is 0 Å². The largest absolute Gasteiger partial charge is 0.363 e. The van der Waals surface area contributed by atoms with Crippen LogP contribution in [0.1, 0.15) is 32.6 Å². The lowest BCUT2D eigenvalue weighted by Crippen LogP contribution is -2.44. The van der Waals surface area contributed by atoms with E-state index in [1.807, 2.05) is 11.8 Å². The van der Waals surface area contributed by atoms with E-state index in [4.69, 9.17) is 12.2 Å². The highest BCUT2D eigenvalue weighted by atomic mass is 32.2. The molecule has 1 aliphatic rings. The zero-order valence-corrected chi connectivity index (χ0v) is 10.6. The topological polar surface area (TPSA) is 24.1 Å². The van der Waals surface area contributed by atoms with Gasteiger partial charge in [-0.3, -0.25) is 0 Å². The van der Waals surface area contributed by atoms with Gasteiger partial charge in [-0.05, 0) is 44.7 Å². The van der Waals surface area contributed by atoms with Gasteiger partial charge in [0, 0.05) is 17.8 Å². The first-order valence-corrected chi connectivity index (χ1v) is 7.03. The van der Waals surface area contributed by atoms with E-state index in [2.05, 4.69) is 23.8 Å². The molecular formula is C10H20N2S2. The van der Waals surface area contributed by atoms with Crippen molar-refractivity contribution >= 4 is 29.1 Å². The van der Waals surface area contributed by atoms with E-state index in [9.17, 15) is 0 Å². The van der Waals surface area contributed by atoms with Gasteiger partial charge in [0.25, 0.3) is 0 Å². The molecule has 2 unspecified atom stereocenters. The second-order valence-corrected chi connectivity index (χ2v) is 5.27. The van der Waals surface area contributed by atoms with Crippen LogP contribution in [0, 0.1) is 0 Å². The quantitative estimate of drug-likeness (QED) is 0.728. The number of thioether (sulfide) groups is 1. The fourth-order valence-electron chi connectivity index (χ4n) is 1.89. The number of rotatable bonds is 3. The summed E-state index contributed by atoms with van der Waals surface area (Å²) in [4.78, 5) is 0. The van der Waals surface area contributed by atoms with Crippen molar-refractivity contribution in [2.45, 2.75) is 43.9 Å². The predicted octanol–water partition coefficient (Wildman–Crippen LogP) is 2.14. The molecule has 0 aromatic carbocycles. The predicted molar refractivity (Wildman–Crippen MR) is 69.0 cm³/mol. The van der Waals surface area contributed by atoms with E-state index in [1.165, 1.54) is 25.7 Å². The summed E-state index contributed by atoms with van der Waals surface area (Å²) in [7, 11) is 0. The molecule has 0 heterocycles. The van der Waals surface area contributed by atoms with Gasteiger partial charge < -0.3 is 10.6 Å². The summed E-state index contributed by atoms with van der Waals surface area (Å²) in [5, 5.41) is 8.17. The molecule has 14 heavy (non-hydrogen) atoms. The Balaban J connectivity index is 2.26. The van der Waals surface area contributed by atoms with Gasteiger partial charge in [0.05, 0.1) is 0 Å². The summed E-state index contributed by atoms with van der Waals surface area (Å²) in [6, 6.07) is 0.591. The molecule has 0 aromatic heterocycles. The van der Waals surface area contributed by atoms with Crippen LogP contribution in [-0.4, -0.2) is 29.2 Å². The minimum atomic E-state index is 0.591. The first kappa shape index (κ1) is 12.1. The minimum absolute atomic E-state index is 0.591. The van der Waals surface area contributed by atoms with Gasteiger partial charge in [-0.2, -0.15) is 11.8 Å². The summed E-state index contributed by atoms with van der Waals surface area (Å²) >= 11 is 7.17. The molecule has 0 bridgehead atoms. The lowest BCUT2D eigenvalue weighted by atomic mass is 9.95.